The molecule has 1 aliphatic rings. The summed E-state index contributed by atoms with van der Waals surface area (Å²) in [5.74, 6) is -1.11. The minimum Gasteiger partial charge on any atom is -0.396 e. The molecule has 1 aliphatic heterocycles. The number of hydrogen-bond donors (Lipinski definition) is 1. The first kappa shape index (κ1) is 20.1. The van der Waals surface area contributed by atoms with Crippen LogP contribution in [-0.4, -0.2) is 34.7 Å². The second kappa shape index (κ2) is 8.69. The normalized spacial score (nSPS) is 20.1. The van der Waals surface area contributed by atoms with E-state index in [4.69, 9.17) is 0 Å². The van der Waals surface area contributed by atoms with Crippen molar-refractivity contribution in [3.05, 3.63) is 76.8 Å². The average molecular weight is 415 g/mol. The Labute approximate surface area is 173 Å². The molecule has 0 saturated carbocycles. The Morgan fingerprint density at radius 3 is 2.72 bits per heavy atom. The maximum Gasteiger partial charge on any atom is 0.129 e. The second-order valence-electron chi connectivity index (χ2n) is 7.88. The number of nitrogens with zero attached hydrogens (tertiary/aromatic N) is 2. The van der Waals surface area contributed by atoms with Crippen molar-refractivity contribution in [2.24, 2.45) is 5.41 Å². The van der Waals surface area contributed by atoms with Gasteiger partial charge < -0.3 is 5.11 Å². The van der Waals surface area contributed by atoms with Crippen LogP contribution in [0.25, 0.3) is 10.6 Å². The van der Waals surface area contributed by atoms with E-state index in [2.05, 4.69) is 22.0 Å². The smallest absolute Gasteiger partial charge is 0.129 e. The summed E-state index contributed by atoms with van der Waals surface area (Å²) in [5, 5.41) is 11.2. The highest BCUT2D eigenvalue weighted by Crippen LogP contribution is 2.35. The van der Waals surface area contributed by atoms with Crippen molar-refractivity contribution in [3.63, 3.8) is 0 Å². The molecule has 6 heteroatoms. The van der Waals surface area contributed by atoms with E-state index in [-0.39, 0.29) is 6.61 Å². The Morgan fingerprint density at radius 2 is 1.97 bits per heavy atom. The number of halogens is 2. The third-order valence-electron chi connectivity index (χ3n) is 5.61. The third kappa shape index (κ3) is 4.71. The van der Waals surface area contributed by atoms with Crippen LogP contribution in [0.1, 0.15) is 23.3 Å². The molecule has 0 aliphatic carbocycles. The van der Waals surface area contributed by atoms with E-state index in [1.165, 1.54) is 17.0 Å². The molecule has 1 unspecified atom stereocenters. The fraction of sp³-hybridized carbons (Fsp3) is 0.348. The minimum atomic E-state index is -0.575. The predicted molar refractivity (Wildman–Crippen MR) is 112 cm³/mol. The van der Waals surface area contributed by atoms with Gasteiger partial charge in [0.2, 0.25) is 0 Å². The van der Waals surface area contributed by atoms with Gasteiger partial charge in [0, 0.05) is 41.2 Å². The van der Waals surface area contributed by atoms with Crippen molar-refractivity contribution in [2.45, 2.75) is 25.8 Å². The molecule has 29 heavy (non-hydrogen) atoms. The van der Waals surface area contributed by atoms with Crippen LogP contribution in [0.5, 0.6) is 0 Å². The molecule has 2 heterocycles. The Hall–Kier alpha value is -2.15. The highest BCUT2D eigenvalue weighted by atomic mass is 32.1. The molecule has 3 aromatic rings. The van der Waals surface area contributed by atoms with Crippen LogP contribution in [0.2, 0.25) is 0 Å². The predicted octanol–water partition coefficient (Wildman–Crippen LogP) is 4.91. The second-order valence-corrected chi connectivity index (χ2v) is 9.00. The molecular formula is C23H24F2N2OS. The first-order valence-electron chi connectivity index (χ1n) is 9.84. The van der Waals surface area contributed by atoms with Crippen molar-refractivity contribution in [1.82, 2.24) is 9.88 Å². The minimum absolute atomic E-state index is 0.0156. The molecule has 2 aromatic carbocycles. The molecule has 0 bridgehead atoms. The summed E-state index contributed by atoms with van der Waals surface area (Å²) in [7, 11) is 0. The largest absolute Gasteiger partial charge is 0.396 e. The molecule has 4 rings (SSSR count). The van der Waals surface area contributed by atoms with E-state index in [0.29, 0.717) is 18.5 Å². The number of likely N-dealkylation sites (tertiary alicyclic amines) is 1. The van der Waals surface area contributed by atoms with Crippen LogP contribution in [0.15, 0.2) is 54.7 Å². The van der Waals surface area contributed by atoms with E-state index >= 15 is 0 Å². The number of piperidine rings is 1. The van der Waals surface area contributed by atoms with Crippen molar-refractivity contribution in [3.8, 4) is 10.6 Å². The van der Waals surface area contributed by atoms with E-state index < -0.39 is 17.0 Å². The maximum atomic E-state index is 14.2. The Balaban J connectivity index is 1.46. The first-order valence-corrected chi connectivity index (χ1v) is 10.7. The summed E-state index contributed by atoms with van der Waals surface area (Å²) in [6, 6.07) is 13.8. The Morgan fingerprint density at radius 1 is 1.14 bits per heavy atom. The molecule has 1 aromatic heterocycles. The standard InChI is InChI=1S/C23H24F2N2OS/c24-19-8-7-18(21(25)11-19)12-23(16-28)9-4-10-27(15-23)14-20-13-26-22(29-20)17-5-2-1-3-6-17/h1-3,5-8,11,13,28H,4,9-10,12,14-16H2. The SMILES string of the molecule is OCC1(Cc2ccc(F)cc2F)CCCN(Cc2cnc(-c3ccccc3)s2)C1. The zero-order valence-electron chi connectivity index (χ0n) is 16.2. The van der Waals surface area contributed by atoms with Gasteiger partial charge in [0.25, 0.3) is 0 Å². The van der Waals surface area contributed by atoms with Crippen LogP contribution in [0.4, 0.5) is 8.78 Å². The van der Waals surface area contributed by atoms with Gasteiger partial charge in [-0.3, -0.25) is 4.90 Å². The molecule has 1 saturated heterocycles. The number of benzene rings is 2. The molecule has 1 N–H and O–H groups in total. The lowest BCUT2D eigenvalue weighted by Crippen LogP contribution is -2.46. The molecule has 0 spiro atoms. The van der Waals surface area contributed by atoms with E-state index in [1.807, 2.05) is 24.4 Å². The fourth-order valence-corrected chi connectivity index (χ4v) is 5.12. The van der Waals surface area contributed by atoms with Gasteiger partial charge in [0.1, 0.15) is 16.6 Å². The first-order chi connectivity index (χ1) is 14.1. The summed E-state index contributed by atoms with van der Waals surface area (Å²) in [5.41, 5.74) is 1.16. The zero-order valence-corrected chi connectivity index (χ0v) is 17.0. The molecule has 152 valence electrons. The van der Waals surface area contributed by atoms with Gasteiger partial charge >= 0.3 is 0 Å². The molecule has 1 atom stereocenters. The van der Waals surface area contributed by atoms with Crippen LogP contribution in [0.3, 0.4) is 0 Å². The van der Waals surface area contributed by atoms with Crippen molar-refractivity contribution in [1.29, 1.82) is 0 Å². The van der Waals surface area contributed by atoms with Gasteiger partial charge in [0.05, 0.1) is 6.61 Å². The van der Waals surface area contributed by atoms with E-state index in [0.717, 1.165) is 42.6 Å². The highest BCUT2D eigenvalue weighted by Gasteiger charge is 2.36. The molecule has 0 radical (unpaired) electrons. The van der Waals surface area contributed by atoms with Crippen molar-refractivity contribution in [2.75, 3.05) is 19.7 Å². The lowest BCUT2D eigenvalue weighted by Gasteiger charge is -2.42. The third-order valence-corrected chi connectivity index (χ3v) is 6.64. The average Bonchev–Trinajstić information content (AvgIpc) is 3.20. The molecule has 3 nitrogen and oxygen atoms in total. The van der Waals surface area contributed by atoms with Gasteiger partial charge in [-0.2, -0.15) is 0 Å². The van der Waals surface area contributed by atoms with Crippen LogP contribution < -0.4 is 0 Å². The van der Waals surface area contributed by atoms with Crippen molar-refractivity contribution >= 4 is 11.3 Å². The molecular weight excluding hydrogens is 390 g/mol. The van der Waals surface area contributed by atoms with Gasteiger partial charge in [-0.1, -0.05) is 36.4 Å². The number of aliphatic hydroxyl groups excluding tert-OH is 1. The lowest BCUT2D eigenvalue weighted by molar-refractivity contribution is 0.0287. The number of aliphatic hydroxyl groups is 1. The van der Waals surface area contributed by atoms with Gasteiger partial charge in [-0.25, -0.2) is 13.8 Å². The maximum absolute atomic E-state index is 14.2. The summed E-state index contributed by atoms with van der Waals surface area (Å²) < 4.78 is 27.4. The molecule has 0 amide bonds. The topological polar surface area (TPSA) is 36.4 Å². The number of rotatable bonds is 6. The van der Waals surface area contributed by atoms with Crippen LogP contribution in [0, 0.1) is 17.0 Å². The van der Waals surface area contributed by atoms with E-state index in [9.17, 15) is 13.9 Å². The van der Waals surface area contributed by atoms with Gasteiger partial charge in [-0.15, -0.1) is 11.3 Å². The highest BCUT2D eigenvalue weighted by molar-refractivity contribution is 7.15. The van der Waals surface area contributed by atoms with Crippen LogP contribution >= 0.6 is 11.3 Å². The quantitative estimate of drug-likeness (QED) is 0.623. The Bertz CT molecular complexity index is 963. The summed E-state index contributed by atoms with van der Waals surface area (Å²) >= 11 is 1.68. The van der Waals surface area contributed by atoms with Crippen LogP contribution in [-0.2, 0) is 13.0 Å². The van der Waals surface area contributed by atoms with Gasteiger partial charge in [0.15, 0.2) is 0 Å². The zero-order chi connectivity index (χ0) is 20.3. The van der Waals surface area contributed by atoms with Crippen molar-refractivity contribution < 1.29 is 13.9 Å². The number of aromatic nitrogens is 1. The fourth-order valence-electron chi connectivity index (χ4n) is 4.16. The number of thiazole rings is 1. The van der Waals surface area contributed by atoms with Gasteiger partial charge in [-0.05, 0) is 37.4 Å². The summed E-state index contributed by atoms with van der Waals surface area (Å²) in [4.78, 5) is 8.03. The summed E-state index contributed by atoms with van der Waals surface area (Å²) in [6.45, 7) is 2.36. The Kier molecular flexibility index (Phi) is 6.04. The lowest BCUT2D eigenvalue weighted by atomic mass is 9.75. The monoisotopic (exact) mass is 414 g/mol. The van der Waals surface area contributed by atoms with E-state index in [1.54, 1.807) is 11.3 Å². The molecule has 1 fully saturated rings. The summed E-state index contributed by atoms with van der Waals surface area (Å²) in [6.07, 6.45) is 4.09. The number of hydrogen-bond acceptors (Lipinski definition) is 4.